The van der Waals surface area contributed by atoms with E-state index in [1.165, 1.54) is 11.8 Å². The van der Waals surface area contributed by atoms with Gasteiger partial charge in [0.15, 0.2) is 5.16 Å². The number of nitrogens with one attached hydrogen (secondary N) is 1. The first-order valence-corrected chi connectivity index (χ1v) is 13.0. The molecule has 0 saturated heterocycles. The molecule has 9 nitrogen and oxygen atoms in total. The van der Waals surface area contributed by atoms with E-state index in [2.05, 4.69) is 15.5 Å². The van der Waals surface area contributed by atoms with Gasteiger partial charge in [-0.15, -0.1) is 21.5 Å². The SMILES string of the molecule is CCOC(=O)c1sc(NC(=O)CSc2nnc(Cc3ccc(Cl)cc3)n2C)c(C(=O)OCC)c1C. The monoisotopic (exact) mass is 536 g/mol. The lowest BCUT2D eigenvalue weighted by Gasteiger charge is -2.07. The molecule has 1 aromatic carbocycles. The van der Waals surface area contributed by atoms with Crippen molar-refractivity contribution in [3.05, 3.63) is 56.7 Å². The minimum Gasteiger partial charge on any atom is -0.462 e. The Bertz CT molecular complexity index is 1220. The number of carbonyl (C=O) groups excluding carboxylic acids is 3. The van der Waals surface area contributed by atoms with Crippen LogP contribution in [0.1, 0.15) is 50.8 Å². The normalized spacial score (nSPS) is 10.8. The lowest BCUT2D eigenvalue weighted by molar-refractivity contribution is -0.113. The van der Waals surface area contributed by atoms with Crippen LogP contribution >= 0.6 is 34.7 Å². The summed E-state index contributed by atoms with van der Waals surface area (Å²) in [6, 6.07) is 7.48. The second kappa shape index (κ2) is 12.2. The zero-order valence-electron chi connectivity index (χ0n) is 19.7. The number of thioether (sulfide) groups is 1. The predicted molar refractivity (Wildman–Crippen MR) is 136 cm³/mol. The first-order chi connectivity index (χ1) is 16.7. The number of esters is 2. The quantitative estimate of drug-likeness (QED) is 0.297. The smallest absolute Gasteiger partial charge is 0.348 e. The summed E-state index contributed by atoms with van der Waals surface area (Å²) in [5, 5.41) is 12.6. The van der Waals surface area contributed by atoms with Crippen LogP contribution in [0.3, 0.4) is 0 Å². The van der Waals surface area contributed by atoms with Crippen LogP contribution in [-0.2, 0) is 27.7 Å². The largest absolute Gasteiger partial charge is 0.462 e. The number of ether oxygens (including phenoxy) is 2. The molecule has 0 atom stereocenters. The van der Waals surface area contributed by atoms with Gasteiger partial charge in [-0.1, -0.05) is 35.5 Å². The fraction of sp³-hybridized carbons (Fsp3) is 0.348. The first kappa shape index (κ1) is 26.7. The van der Waals surface area contributed by atoms with Gasteiger partial charge in [0.2, 0.25) is 5.91 Å². The fourth-order valence-corrected chi connectivity index (χ4v) is 5.11. The van der Waals surface area contributed by atoms with Crippen LogP contribution < -0.4 is 5.32 Å². The standard InChI is InChI=1S/C23H25ClN4O5S2/c1-5-32-21(30)18-13(3)19(22(31)33-6-2)35-20(18)25-17(29)12-34-23-27-26-16(28(23)4)11-14-7-9-15(24)10-8-14/h7-10H,5-6,11-12H2,1-4H3,(H,25,29). The number of carbonyl (C=O) groups is 3. The molecule has 0 radical (unpaired) electrons. The molecule has 0 unspecified atom stereocenters. The van der Waals surface area contributed by atoms with Crippen LogP contribution in [-0.4, -0.2) is 51.6 Å². The predicted octanol–water partition coefficient (Wildman–Crippen LogP) is 4.51. The molecule has 2 heterocycles. The molecule has 186 valence electrons. The van der Waals surface area contributed by atoms with Crippen LogP contribution in [0.4, 0.5) is 5.00 Å². The van der Waals surface area contributed by atoms with Crippen molar-refractivity contribution >= 4 is 57.5 Å². The topological polar surface area (TPSA) is 112 Å². The molecule has 0 aliphatic rings. The van der Waals surface area contributed by atoms with Gasteiger partial charge in [-0.2, -0.15) is 0 Å². The summed E-state index contributed by atoms with van der Waals surface area (Å²) < 4.78 is 12.0. The summed E-state index contributed by atoms with van der Waals surface area (Å²) in [5.74, 6) is -0.754. The Morgan fingerprint density at radius 2 is 1.74 bits per heavy atom. The Morgan fingerprint density at radius 1 is 1.09 bits per heavy atom. The number of aromatic nitrogens is 3. The molecule has 1 N–H and O–H groups in total. The minimum absolute atomic E-state index is 0.0286. The molecule has 12 heteroatoms. The molecule has 2 aromatic heterocycles. The zero-order valence-corrected chi connectivity index (χ0v) is 22.1. The maximum atomic E-state index is 12.7. The Labute approximate surface area is 216 Å². The Kier molecular flexibility index (Phi) is 9.30. The number of amides is 1. The van der Waals surface area contributed by atoms with Crippen LogP contribution in [0, 0.1) is 6.92 Å². The van der Waals surface area contributed by atoms with Crippen molar-refractivity contribution in [2.75, 3.05) is 24.3 Å². The highest BCUT2D eigenvalue weighted by atomic mass is 35.5. The van der Waals surface area contributed by atoms with Crippen LogP contribution in [0.2, 0.25) is 5.02 Å². The lowest BCUT2D eigenvalue weighted by Crippen LogP contribution is -2.16. The van der Waals surface area contributed by atoms with E-state index in [-0.39, 0.29) is 40.3 Å². The number of thiophene rings is 1. The van der Waals surface area contributed by atoms with E-state index in [1.807, 2.05) is 35.9 Å². The summed E-state index contributed by atoms with van der Waals surface area (Å²) in [6.45, 7) is 5.36. The maximum Gasteiger partial charge on any atom is 0.348 e. The summed E-state index contributed by atoms with van der Waals surface area (Å²) in [6.07, 6.45) is 0.571. The molecular weight excluding hydrogens is 512 g/mol. The summed E-state index contributed by atoms with van der Waals surface area (Å²) in [4.78, 5) is 37.8. The Morgan fingerprint density at radius 3 is 2.40 bits per heavy atom. The van der Waals surface area contributed by atoms with Crippen molar-refractivity contribution < 1.29 is 23.9 Å². The molecule has 0 bridgehead atoms. The molecule has 3 rings (SSSR count). The number of rotatable bonds is 10. The lowest BCUT2D eigenvalue weighted by atomic mass is 10.1. The molecular formula is C23H25ClN4O5S2. The highest BCUT2D eigenvalue weighted by Gasteiger charge is 2.27. The van der Waals surface area contributed by atoms with Gasteiger partial charge < -0.3 is 19.4 Å². The van der Waals surface area contributed by atoms with E-state index >= 15 is 0 Å². The van der Waals surface area contributed by atoms with Gasteiger partial charge in [-0.05, 0) is 44.0 Å². The molecule has 3 aromatic rings. The van der Waals surface area contributed by atoms with Crippen LogP contribution in [0.25, 0.3) is 0 Å². The second-order valence-corrected chi connectivity index (χ2v) is 9.70. The highest BCUT2D eigenvalue weighted by Crippen LogP contribution is 2.34. The van der Waals surface area contributed by atoms with Crippen molar-refractivity contribution in [1.82, 2.24) is 14.8 Å². The molecule has 0 spiro atoms. The van der Waals surface area contributed by atoms with Gasteiger partial charge in [0, 0.05) is 18.5 Å². The summed E-state index contributed by atoms with van der Waals surface area (Å²) in [5.41, 5.74) is 1.60. The fourth-order valence-electron chi connectivity index (χ4n) is 3.14. The second-order valence-electron chi connectivity index (χ2n) is 7.30. The number of halogens is 1. The summed E-state index contributed by atoms with van der Waals surface area (Å²) >= 11 is 8.14. The Hall–Kier alpha value is -2.89. The maximum absolute atomic E-state index is 12.7. The van der Waals surface area contributed by atoms with E-state index < -0.39 is 11.9 Å². The average molecular weight is 537 g/mol. The molecule has 35 heavy (non-hydrogen) atoms. The number of benzene rings is 1. The number of anilines is 1. The first-order valence-electron chi connectivity index (χ1n) is 10.8. The van der Waals surface area contributed by atoms with Gasteiger partial charge in [0.05, 0.1) is 24.5 Å². The van der Waals surface area contributed by atoms with Gasteiger partial charge in [0.1, 0.15) is 15.7 Å². The van der Waals surface area contributed by atoms with E-state index in [9.17, 15) is 14.4 Å². The van der Waals surface area contributed by atoms with Crippen molar-refractivity contribution in [3.8, 4) is 0 Å². The van der Waals surface area contributed by atoms with Gasteiger partial charge in [0.25, 0.3) is 0 Å². The third-order valence-electron chi connectivity index (χ3n) is 4.87. The van der Waals surface area contributed by atoms with E-state index in [0.717, 1.165) is 22.7 Å². The van der Waals surface area contributed by atoms with Crippen LogP contribution in [0.5, 0.6) is 0 Å². The number of hydrogen-bond acceptors (Lipinski definition) is 9. The third-order valence-corrected chi connectivity index (χ3v) is 7.33. The van der Waals surface area contributed by atoms with Gasteiger partial charge >= 0.3 is 11.9 Å². The molecule has 1 amide bonds. The van der Waals surface area contributed by atoms with E-state index in [4.69, 9.17) is 21.1 Å². The van der Waals surface area contributed by atoms with Gasteiger partial charge in [-0.3, -0.25) is 4.79 Å². The van der Waals surface area contributed by atoms with Crippen molar-refractivity contribution in [1.29, 1.82) is 0 Å². The van der Waals surface area contributed by atoms with Crippen molar-refractivity contribution in [3.63, 3.8) is 0 Å². The molecule has 0 saturated carbocycles. The van der Waals surface area contributed by atoms with Gasteiger partial charge in [-0.25, -0.2) is 9.59 Å². The molecule has 0 aliphatic heterocycles. The number of nitrogens with zero attached hydrogens (tertiary/aromatic N) is 3. The van der Waals surface area contributed by atoms with E-state index in [1.54, 1.807) is 20.8 Å². The highest BCUT2D eigenvalue weighted by molar-refractivity contribution is 7.99. The van der Waals surface area contributed by atoms with Crippen LogP contribution in [0.15, 0.2) is 29.4 Å². The molecule has 0 aliphatic carbocycles. The third kappa shape index (κ3) is 6.62. The minimum atomic E-state index is -0.611. The molecule has 0 fully saturated rings. The van der Waals surface area contributed by atoms with Crippen molar-refractivity contribution in [2.24, 2.45) is 7.05 Å². The van der Waals surface area contributed by atoms with E-state index in [0.29, 0.717) is 22.2 Å². The number of hydrogen-bond donors (Lipinski definition) is 1. The average Bonchev–Trinajstić information content (AvgIpc) is 3.33. The Balaban J connectivity index is 1.70. The summed E-state index contributed by atoms with van der Waals surface area (Å²) in [7, 11) is 1.83. The zero-order chi connectivity index (χ0) is 25.5. The van der Waals surface area contributed by atoms with Crippen molar-refractivity contribution in [2.45, 2.75) is 32.3 Å².